The molecule has 1 N–H and O–H groups in total. The number of aliphatic hydroxyl groups is 1. The first-order valence-electron chi connectivity index (χ1n) is 3.30. The van der Waals surface area contributed by atoms with E-state index in [1.165, 1.54) is 6.42 Å². The number of aliphatic hydroxyl groups excluding tert-OH is 1. The van der Waals surface area contributed by atoms with Crippen LogP contribution in [0.3, 0.4) is 0 Å². The van der Waals surface area contributed by atoms with Crippen molar-refractivity contribution in [3.8, 4) is 0 Å². The van der Waals surface area contributed by atoms with Gasteiger partial charge < -0.3 is 9.90 Å². The second kappa shape index (κ2) is 10.6. The summed E-state index contributed by atoms with van der Waals surface area (Å²) >= 11 is 0. The molecular formula is C7H16O2. The first kappa shape index (κ1) is 11.4. The highest BCUT2D eigenvalue weighted by atomic mass is 16.3. The molecule has 56 valence electrons. The number of hydrogen-bond donors (Lipinski definition) is 1. The van der Waals surface area contributed by atoms with Crippen LogP contribution in [0.4, 0.5) is 0 Å². The lowest BCUT2D eigenvalue weighted by molar-refractivity contribution is -0.109. The van der Waals surface area contributed by atoms with Gasteiger partial charge in [-0.25, -0.2) is 0 Å². The minimum absolute atomic E-state index is 0.250. The van der Waals surface area contributed by atoms with Crippen LogP contribution in [0.2, 0.25) is 0 Å². The summed E-state index contributed by atoms with van der Waals surface area (Å²) in [5.74, 6) is 0. The van der Waals surface area contributed by atoms with Crippen molar-refractivity contribution in [3.05, 3.63) is 0 Å². The zero-order valence-corrected chi connectivity index (χ0v) is 6.42. The fourth-order valence-electron chi connectivity index (χ4n) is 0.139. The van der Waals surface area contributed by atoms with E-state index in [9.17, 15) is 4.79 Å². The molecule has 0 radical (unpaired) electrons. The van der Waals surface area contributed by atoms with Crippen LogP contribution in [-0.4, -0.2) is 17.5 Å². The number of carbonyl (C=O) groups excluding carboxylic acids is 1. The molecule has 0 rings (SSSR count). The third kappa shape index (κ3) is 35.0. The summed E-state index contributed by atoms with van der Waals surface area (Å²) in [6.07, 6.45) is 1.73. The number of hydrogen-bond acceptors (Lipinski definition) is 2. The molecule has 9 heavy (non-hydrogen) atoms. The summed E-state index contributed by atoms with van der Waals surface area (Å²) in [5, 5.41) is 8.32. The molecule has 0 spiro atoms. The van der Waals surface area contributed by atoms with Gasteiger partial charge in [-0.3, -0.25) is 0 Å². The van der Waals surface area contributed by atoms with Gasteiger partial charge in [0.15, 0.2) is 0 Å². The summed E-state index contributed by atoms with van der Waals surface area (Å²) in [4.78, 5) is 9.46. The highest BCUT2D eigenvalue weighted by Crippen LogP contribution is 1.80. The summed E-state index contributed by atoms with van der Waals surface area (Å²) in [5.41, 5.74) is 0. The normalized spacial score (nSPS) is 11.1. The molecule has 0 saturated carbocycles. The Bertz CT molecular complexity index is 50.9. The molecule has 0 aliphatic carbocycles. The quantitative estimate of drug-likeness (QED) is 0.576. The molecule has 0 aliphatic heterocycles. The Labute approximate surface area is 56.9 Å². The number of carbonyl (C=O) groups is 1. The number of aldehydes is 1. The summed E-state index contributed by atoms with van der Waals surface area (Å²) < 4.78 is 0. The molecular weight excluding hydrogens is 116 g/mol. The maximum atomic E-state index is 9.46. The van der Waals surface area contributed by atoms with E-state index < -0.39 is 6.10 Å². The Balaban J connectivity index is 0. The molecule has 0 amide bonds. The topological polar surface area (TPSA) is 37.3 Å². The molecule has 0 aliphatic rings. The smallest absolute Gasteiger partial charge is 0.122 e. The largest absolute Gasteiger partial charge is 0.393 e. The molecule has 0 saturated heterocycles. The van der Waals surface area contributed by atoms with Crippen molar-refractivity contribution < 1.29 is 9.90 Å². The third-order valence-corrected chi connectivity index (χ3v) is 0.437. The van der Waals surface area contributed by atoms with Gasteiger partial charge in [-0.1, -0.05) is 20.3 Å². The second-order valence-corrected chi connectivity index (χ2v) is 1.96. The molecule has 0 aromatic rings. The molecule has 0 aromatic carbocycles. The van der Waals surface area contributed by atoms with Gasteiger partial charge in [0.05, 0.1) is 6.10 Å². The summed E-state index contributed by atoms with van der Waals surface area (Å²) in [6.45, 7) is 5.83. The highest BCUT2D eigenvalue weighted by Gasteiger charge is 1.87. The van der Waals surface area contributed by atoms with Gasteiger partial charge in [0.1, 0.15) is 6.29 Å². The van der Waals surface area contributed by atoms with Crippen LogP contribution in [-0.2, 0) is 4.79 Å². The van der Waals surface area contributed by atoms with Crippen molar-refractivity contribution in [1.29, 1.82) is 0 Å². The van der Waals surface area contributed by atoms with Crippen molar-refractivity contribution >= 4 is 6.29 Å². The van der Waals surface area contributed by atoms with E-state index in [2.05, 4.69) is 13.8 Å². The standard InChI is InChI=1S/C4H8O2.C3H8/c1-4(6)2-3-5;1-3-2/h3-4,6H,2H2,1H3;3H2,1-2H3. The molecule has 0 heterocycles. The van der Waals surface area contributed by atoms with E-state index in [4.69, 9.17) is 5.11 Å². The molecule has 0 fully saturated rings. The SMILES string of the molecule is CC(O)CC=O.CCC. The molecule has 0 bridgehead atoms. The minimum Gasteiger partial charge on any atom is -0.393 e. The lowest BCUT2D eigenvalue weighted by Crippen LogP contribution is -1.97. The van der Waals surface area contributed by atoms with Crippen LogP contribution in [0.25, 0.3) is 0 Å². The fraction of sp³-hybridized carbons (Fsp3) is 0.857. The zero-order valence-electron chi connectivity index (χ0n) is 6.42. The molecule has 1 unspecified atom stereocenters. The second-order valence-electron chi connectivity index (χ2n) is 1.96. The van der Waals surface area contributed by atoms with Crippen LogP contribution in [0, 0.1) is 0 Å². The van der Waals surface area contributed by atoms with Crippen LogP contribution in [0.1, 0.15) is 33.6 Å². The number of rotatable bonds is 2. The van der Waals surface area contributed by atoms with Crippen molar-refractivity contribution in [2.45, 2.75) is 39.7 Å². The van der Waals surface area contributed by atoms with E-state index >= 15 is 0 Å². The highest BCUT2D eigenvalue weighted by molar-refractivity contribution is 5.49. The average Bonchev–Trinajstić information content (AvgIpc) is 1.67. The van der Waals surface area contributed by atoms with Crippen molar-refractivity contribution in [3.63, 3.8) is 0 Å². The Hall–Kier alpha value is -0.370. The van der Waals surface area contributed by atoms with Gasteiger partial charge in [-0.2, -0.15) is 0 Å². The maximum absolute atomic E-state index is 9.46. The van der Waals surface area contributed by atoms with Gasteiger partial charge in [0, 0.05) is 6.42 Å². The minimum atomic E-state index is -0.470. The molecule has 1 atom stereocenters. The molecule has 2 heteroatoms. The van der Waals surface area contributed by atoms with E-state index in [-0.39, 0.29) is 6.42 Å². The van der Waals surface area contributed by atoms with Gasteiger partial charge in [-0.15, -0.1) is 0 Å². The van der Waals surface area contributed by atoms with Gasteiger partial charge in [0.2, 0.25) is 0 Å². The first-order valence-corrected chi connectivity index (χ1v) is 3.30. The fourth-order valence-corrected chi connectivity index (χ4v) is 0.139. The average molecular weight is 132 g/mol. The van der Waals surface area contributed by atoms with Gasteiger partial charge in [-0.05, 0) is 6.92 Å². The lowest BCUT2D eigenvalue weighted by Gasteiger charge is -1.89. The Kier molecular flexibility index (Phi) is 13.4. The van der Waals surface area contributed by atoms with Crippen molar-refractivity contribution in [1.82, 2.24) is 0 Å². The monoisotopic (exact) mass is 132 g/mol. The third-order valence-electron chi connectivity index (χ3n) is 0.437. The summed E-state index contributed by atoms with van der Waals surface area (Å²) in [7, 11) is 0. The summed E-state index contributed by atoms with van der Waals surface area (Å²) in [6, 6.07) is 0. The Morgan fingerprint density at radius 1 is 1.56 bits per heavy atom. The van der Waals surface area contributed by atoms with Crippen molar-refractivity contribution in [2.75, 3.05) is 0 Å². The van der Waals surface area contributed by atoms with E-state index in [0.717, 1.165) is 0 Å². The van der Waals surface area contributed by atoms with Crippen LogP contribution < -0.4 is 0 Å². The predicted molar refractivity (Wildman–Crippen MR) is 38.3 cm³/mol. The van der Waals surface area contributed by atoms with E-state index in [1.807, 2.05) is 0 Å². The zero-order chi connectivity index (χ0) is 7.70. The van der Waals surface area contributed by atoms with Crippen molar-refractivity contribution in [2.24, 2.45) is 0 Å². The van der Waals surface area contributed by atoms with Crippen LogP contribution >= 0.6 is 0 Å². The first-order chi connectivity index (χ1) is 4.18. The molecule has 0 aromatic heterocycles. The predicted octanol–water partition coefficient (Wildman–Crippen LogP) is 1.37. The molecule has 2 nitrogen and oxygen atoms in total. The maximum Gasteiger partial charge on any atom is 0.122 e. The Morgan fingerprint density at radius 2 is 1.89 bits per heavy atom. The Morgan fingerprint density at radius 3 is 1.89 bits per heavy atom. The lowest BCUT2D eigenvalue weighted by atomic mass is 10.3. The van der Waals surface area contributed by atoms with Crippen LogP contribution in [0.5, 0.6) is 0 Å². The van der Waals surface area contributed by atoms with Gasteiger partial charge >= 0.3 is 0 Å². The van der Waals surface area contributed by atoms with Gasteiger partial charge in [0.25, 0.3) is 0 Å². The van der Waals surface area contributed by atoms with E-state index in [1.54, 1.807) is 6.92 Å². The van der Waals surface area contributed by atoms with Crippen LogP contribution in [0.15, 0.2) is 0 Å². The van der Waals surface area contributed by atoms with E-state index in [0.29, 0.717) is 6.29 Å².